The molecule has 2 atom stereocenters. The SMILES string of the molecule is CC(C)n1cc(C(=O)N2CCC[C@@]3(CC(=O)O)CCCC[C@@H]23)ccc1=O. The molecule has 142 valence electrons. The van der Waals surface area contributed by atoms with Gasteiger partial charge in [0, 0.05) is 36.3 Å². The average molecular weight is 360 g/mol. The van der Waals surface area contributed by atoms with E-state index in [1.807, 2.05) is 18.7 Å². The number of nitrogens with zero attached hydrogens (tertiary/aromatic N) is 2. The summed E-state index contributed by atoms with van der Waals surface area (Å²) in [5.74, 6) is -0.861. The highest BCUT2D eigenvalue weighted by atomic mass is 16.4. The Hall–Kier alpha value is -2.11. The molecule has 3 rings (SSSR count). The summed E-state index contributed by atoms with van der Waals surface area (Å²) in [5, 5.41) is 9.43. The molecule has 1 N–H and O–H groups in total. The molecule has 1 aliphatic heterocycles. The Kier molecular flexibility index (Phi) is 5.21. The highest BCUT2D eigenvalue weighted by Gasteiger charge is 2.48. The van der Waals surface area contributed by atoms with E-state index < -0.39 is 5.97 Å². The molecule has 0 aromatic carbocycles. The van der Waals surface area contributed by atoms with Gasteiger partial charge in [0.1, 0.15) is 0 Å². The molecule has 0 radical (unpaired) electrons. The Bertz CT molecular complexity index is 750. The van der Waals surface area contributed by atoms with Crippen molar-refractivity contribution in [1.29, 1.82) is 0 Å². The fourth-order valence-electron chi connectivity index (χ4n) is 4.86. The van der Waals surface area contributed by atoms with Crippen LogP contribution in [-0.4, -0.2) is 39.0 Å². The van der Waals surface area contributed by atoms with Crippen LogP contribution in [0.1, 0.15) is 75.2 Å². The third-order valence-corrected chi connectivity index (χ3v) is 6.06. The maximum absolute atomic E-state index is 13.2. The molecular weight excluding hydrogens is 332 g/mol. The number of hydrogen-bond acceptors (Lipinski definition) is 3. The minimum absolute atomic E-state index is 0.0163. The molecule has 0 spiro atoms. The fourth-order valence-corrected chi connectivity index (χ4v) is 4.86. The van der Waals surface area contributed by atoms with Gasteiger partial charge < -0.3 is 14.6 Å². The van der Waals surface area contributed by atoms with Crippen molar-refractivity contribution in [3.8, 4) is 0 Å². The number of hydrogen-bond donors (Lipinski definition) is 1. The third-order valence-electron chi connectivity index (χ3n) is 6.06. The van der Waals surface area contributed by atoms with Crippen molar-refractivity contribution in [1.82, 2.24) is 9.47 Å². The Balaban J connectivity index is 1.92. The first-order chi connectivity index (χ1) is 12.3. The van der Waals surface area contributed by atoms with Crippen molar-refractivity contribution < 1.29 is 14.7 Å². The molecule has 0 unspecified atom stereocenters. The van der Waals surface area contributed by atoms with E-state index in [0.29, 0.717) is 12.1 Å². The number of aliphatic carboxylic acids is 1. The zero-order valence-electron chi connectivity index (χ0n) is 15.6. The second-order valence-corrected chi connectivity index (χ2v) is 8.05. The van der Waals surface area contributed by atoms with Crippen LogP contribution in [0.25, 0.3) is 0 Å². The smallest absolute Gasteiger partial charge is 0.303 e. The number of rotatable bonds is 4. The topological polar surface area (TPSA) is 79.6 Å². The van der Waals surface area contributed by atoms with E-state index >= 15 is 0 Å². The molecule has 1 saturated heterocycles. The number of pyridine rings is 1. The van der Waals surface area contributed by atoms with Crippen LogP contribution in [0.3, 0.4) is 0 Å². The van der Waals surface area contributed by atoms with Crippen molar-refractivity contribution in [3.05, 3.63) is 34.2 Å². The minimum Gasteiger partial charge on any atom is -0.481 e. The molecule has 1 amide bonds. The van der Waals surface area contributed by atoms with E-state index in [0.717, 1.165) is 38.5 Å². The van der Waals surface area contributed by atoms with Gasteiger partial charge in [0.05, 0.1) is 12.0 Å². The van der Waals surface area contributed by atoms with Crippen molar-refractivity contribution in [2.75, 3.05) is 6.54 Å². The number of fused-ring (bicyclic) bond motifs is 1. The van der Waals surface area contributed by atoms with Crippen LogP contribution in [0.5, 0.6) is 0 Å². The van der Waals surface area contributed by atoms with Crippen LogP contribution < -0.4 is 5.56 Å². The summed E-state index contributed by atoms with van der Waals surface area (Å²) >= 11 is 0. The predicted octanol–water partition coefficient (Wildman–Crippen LogP) is 3.07. The Morgan fingerprint density at radius 1 is 1.23 bits per heavy atom. The standard InChI is InChI=1S/C20H28N2O4/c1-14(2)22-13-15(7-8-17(22)23)19(26)21-11-5-10-20(12-18(24)25)9-4-3-6-16(20)21/h7-8,13-14,16H,3-6,9-12H2,1-2H3,(H,24,25)/t16-,20-/m1/s1. The maximum atomic E-state index is 13.2. The fraction of sp³-hybridized carbons (Fsp3) is 0.650. The van der Waals surface area contributed by atoms with Crippen LogP contribution in [-0.2, 0) is 4.79 Å². The normalized spacial score (nSPS) is 25.8. The monoisotopic (exact) mass is 360 g/mol. The molecule has 2 aliphatic rings. The van der Waals surface area contributed by atoms with Gasteiger partial charge in [-0.05, 0) is 45.6 Å². The molecule has 6 heteroatoms. The number of carbonyl (C=O) groups excluding carboxylic acids is 1. The minimum atomic E-state index is -0.778. The first kappa shape index (κ1) is 18.7. The Morgan fingerprint density at radius 2 is 1.96 bits per heavy atom. The van der Waals surface area contributed by atoms with Gasteiger partial charge in [-0.25, -0.2) is 0 Å². The summed E-state index contributed by atoms with van der Waals surface area (Å²) in [7, 11) is 0. The third kappa shape index (κ3) is 3.41. The van der Waals surface area contributed by atoms with E-state index in [-0.39, 0.29) is 35.4 Å². The number of carbonyl (C=O) groups is 2. The van der Waals surface area contributed by atoms with Gasteiger partial charge >= 0.3 is 5.97 Å². The lowest BCUT2D eigenvalue weighted by Crippen LogP contribution is -2.56. The Morgan fingerprint density at radius 3 is 2.65 bits per heavy atom. The van der Waals surface area contributed by atoms with Crippen molar-refractivity contribution in [2.45, 2.75) is 70.9 Å². The number of piperidine rings is 1. The molecule has 1 aromatic rings. The highest BCUT2D eigenvalue weighted by Crippen LogP contribution is 2.48. The van der Waals surface area contributed by atoms with Crippen molar-refractivity contribution >= 4 is 11.9 Å². The predicted molar refractivity (Wildman–Crippen MR) is 98.3 cm³/mol. The van der Waals surface area contributed by atoms with Crippen LogP contribution in [0.4, 0.5) is 0 Å². The van der Waals surface area contributed by atoms with Gasteiger partial charge in [0.2, 0.25) is 0 Å². The van der Waals surface area contributed by atoms with Crippen LogP contribution in [0.15, 0.2) is 23.1 Å². The molecule has 0 bridgehead atoms. The van der Waals surface area contributed by atoms with Crippen molar-refractivity contribution in [3.63, 3.8) is 0 Å². The molecule has 1 saturated carbocycles. The molecule has 1 aromatic heterocycles. The second-order valence-electron chi connectivity index (χ2n) is 8.05. The van der Waals surface area contributed by atoms with E-state index in [4.69, 9.17) is 0 Å². The van der Waals surface area contributed by atoms with Crippen LogP contribution in [0.2, 0.25) is 0 Å². The molecule has 2 fully saturated rings. The first-order valence-electron chi connectivity index (χ1n) is 9.59. The zero-order valence-corrected chi connectivity index (χ0v) is 15.6. The summed E-state index contributed by atoms with van der Waals surface area (Å²) in [6, 6.07) is 3.01. The van der Waals surface area contributed by atoms with E-state index in [1.54, 1.807) is 16.8 Å². The van der Waals surface area contributed by atoms with Gasteiger partial charge in [-0.15, -0.1) is 0 Å². The van der Waals surface area contributed by atoms with Gasteiger partial charge in [0.25, 0.3) is 11.5 Å². The maximum Gasteiger partial charge on any atom is 0.303 e. The molecular formula is C20H28N2O4. The van der Waals surface area contributed by atoms with Gasteiger partial charge in [-0.2, -0.15) is 0 Å². The van der Waals surface area contributed by atoms with E-state index in [2.05, 4.69) is 0 Å². The van der Waals surface area contributed by atoms with Crippen LogP contribution in [0, 0.1) is 5.41 Å². The molecule has 6 nitrogen and oxygen atoms in total. The summed E-state index contributed by atoms with van der Waals surface area (Å²) in [4.78, 5) is 38.6. The number of amides is 1. The van der Waals surface area contributed by atoms with E-state index in [1.165, 1.54) is 6.07 Å². The summed E-state index contributed by atoms with van der Waals surface area (Å²) in [6.45, 7) is 4.48. The number of likely N-dealkylation sites (tertiary alicyclic amines) is 1. The first-order valence-corrected chi connectivity index (χ1v) is 9.59. The highest BCUT2D eigenvalue weighted by molar-refractivity contribution is 5.94. The van der Waals surface area contributed by atoms with Crippen molar-refractivity contribution in [2.24, 2.45) is 5.41 Å². The molecule has 2 heterocycles. The Labute approximate surface area is 153 Å². The largest absolute Gasteiger partial charge is 0.481 e. The van der Waals surface area contributed by atoms with Gasteiger partial charge in [-0.3, -0.25) is 14.4 Å². The number of carboxylic acid groups (broad SMARTS) is 1. The van der Waals surface area contributed by atoms with Crippen LogP contribution >= 0.6 is 0 Å². The lowest BCUT2D eigenvalue weighted by Gasteiger charge is -2.52. The van der Waals surface area contributed by atoms with Gasteiger partial charge in [0.15, 0.2) is 0 Å². The average Bonchev–Trinajstić information content (AvgIpc) is 2.59. The lowest BCUT2D eigenvalue weighted by molar-refractivity contribution is -0.143. The summed E-state index contributed by atoms with van der Waals surface area (Å²) < 4.78 is 1.57. The zero-order chi connectivity index (χ0) is 18.9. The molecule has 26 heavy (non-hydrogen) atoms. The second kappa shape index (κ2) is 7.25. The number of aromatic nitrogens is 1. The summed E-state index contributed by atoms with van der Waals surface area (Å²) in [6.07, 6.45) is 7.28. The number of carboxylic acids is 1. The molecule has 1 aliphatic carbocycles. The van der Waals surface area contributed by atoms with Gasteiger partial charge in [-0.1, -0.05) is 12.8 Å². The summed E-state index contributed by atoms with van der Waals surface area (Å²) in [5.41, 5.74) is 0.0906. The lowest BCUT2D eigenvalue weighted by atomic mass is 9.63. The quantitative estimate of drug-likeness (QED) is 0.895. The van der Waals surface area contributed by atoms with E-state index in [9.17, 15) is 19.5 Å².